The van der Waals surface area contributed by atoms with Crippen molar-refractivity contribution in [2.24, 2.45) is 0 Å². The van der Waals surface area contributed by atoms with Crippen LogP contribution in [0, 0.1) is 0 Å². The van der Waals surface area contributed by atoms with Gasteiger partial charge < -0.3 is 10.3 Å². The molecular formula is C20H20ClN3O3. The summed E-state index contributed by atoms with van der Waals surface area (Å²) >= 11 is 5.99. The average molecular weight is 386 g/mol. The maximum Gasteiger partial charge on any atom is 0.267 e. The number of amides is 2. The second-order valence-corrected chi connectivity index (χ2v) is 6.83. The number of carbonyl (C=O) groups excluding carboxylic acids is 2. The Labute approximate surface area is 161 Å². The Morgan fingerprint density at radius 2 is 1.93 bits per heavy atom. The Balaban J connectivity index is 1.78. The number of benzene rings is 2. The topological polar surface area (TPSA) is 85.4 Å². The summed E-state index contributed by atoms with van der Waals surface area (Å²) in [6.45, 7) is 0. The van der Waals surface area contributed by atoms with Gasteiger partial charge in [-0.15, -0.1) is 0 Å². The second-order valence-electron chi connectivity index (χ2n) is 6.40. The summed E-state index contributed by atoms with van der Waals surface area (Å²) in [5, 5.41) is 14.2. The first-order chi connectivity index (χ1) is 12.9. The Hall–Kier alpha value is -2.83. The van der Waals surface area contributed by atoms with Crippen molar-refractivity contribution in [2.75, 3.05) is 7.05 Å². The highest BCUT2D eigenvalue weighted by Gasteiger charge is 2.20. The van der Waals surface area contributed by atoms with E-state index in [-0.39, 0.29) is 12.3 Å². The summed E-state index contributed by atoms with van der Waals surface area (Å²) in [5.41, 5.74) is 2.17. The van der Waals surface area contributed by atoms with E-state index in [1.807, 2.05) is 30.3 Å². The van der Waals surface area contributed by atoms with E-state index < -0.39 is 11.9 Å². The molecule has 0 bridgehead atoms. The van der Waals surface area contributed by atoms with Gasteiger partial charge in [-0.1, -0.05) is 41.9 Å². The fourth-order valence-electron chi connectivity index (χ4n) is 2.90. The Bertz CT molecular complexity index is 954. The van der Waals surface area contributed by atoms with Crippen molar-refractivity contribution in [3.8, 4) is 0 Å². The summed E-state index contributed by atoms with van der Waals surface area (Å²) in [6.07, 6.45) is 0.456. The van der Waals surface area contributed by atoms with Gasteiger partial charge in [0.2, 0.25) is 5.91 Å². The van der Waals surface area contributed by atoms with E-state index in [0.717, 1.165) is 16.5 Å². The summed E-state index contributed by atoms with van der Waals surface area (Å²) in [4.78, 5) is 27.7. The molecule has 0 saturated carbocycles. The highest BCUT2D eigenvalue weighted by Crippen LogP contribution is 2.20. The van der Waals surface area contributed by atoms with Crippen molar-refractivity contribution in [3.05, 3.63) is 70.9 Å². The molecule has 140 valence electrons. The van der Waals surface area contributed by atoms with Crippen LogP contribution in [0.4, 0.5) is 0 Å². The zero-order chi connectivity index (χ0) is 19.4. The highest BCUT2D eigenvalue weighted by atomic mass is 35.5. The van der Waals surface area contributed by atoms with Gasteiger partial charge in [0.25, 0.3) is 5.91 Å². The third-order valence-electron chi connectivity index (χ3n) is 4.27. The van der Waals surface area contributed by atoms with Gasteiger partial charge in [-0.3, -0.25) is 14.8 Å². The molecule has 3 aromatic rings. The van der Waals surface area contributed by atoms with Gasteiger partial charge in [0.05, 0.1) is 0 Å². The lowest BCUT2D eigenvalue weighted by molar-refractivity contribution is -0.159. The number of aromatic nitrogens is 1. The van der Waals surface area contributed by atoms with Crippen LogP contribution in [0.2, 0.25) is 5.02 Å². The van der Waals surface area contributed by atoms with Gasteiger partial charge in [-0.25, -0.2) is 5.06 Å². The van der Waals surface area contributed by atoms with Gasteiger partial charge in [-0.2, -0.15) is 0 Å². The molecule has 1 atom stereocenters. The second kappa shape index (κ2) is 8.24. The van der Waals surface area contributed by atoms with E-state index in [0.29, 0.717) is 22.2 Å². The number of rotatable bonds is 6. The fraction of sp³-hybridized carbons (Fsp3) is 0.200. The van der Waals surface area contributed by atoms with E-state index in [4.69, 9.17) is 11.6 Å². The first kappa shape index (κ1) is 18.9. The highest BCUT2D eigenvalue weighted by molar-refractivity contribution is 6.31. The molecule has 0 aliphatic heterocycles. The number of nitrogens with one attached hydrogen (secondary N) is 2. The van der Waals surface area contributed by atoms with E-state index in [1.165, 1.54) is 7.05 Å². The Morgan fingerprint density at radius 1 is 1.19 bits per heavy atom. The minimum Gasteiger partial charge on any atom is -0.351 e. The molecule has 3 rings (SSSR count). The molecule has 2 amide bonds. The van der Waals surface area contributed by atoms with Gasteiger partial charge in [0, 0.05) is 35.4 Å². The molecule has 0 fully saturated rings. The third kappa shape index (κ3) is 4.87. The maximum absolute atomic E-state index is 12.7. The molecular weight excluding hydrogens is 366 g/mol. The lowest BCUT2D eigenvalue weighted by Crippen LogP contribution is -2.40. The number of hydroxylamine groups is 2. The van der Waals surface area contributed by atoms with Crippen LogP contribution in [0.25, 0.3) is 10.9 Å². The zero-order valence-electron chi connectivity index (χ0n) is 14.8. The standard InChI is InChI=1S/C20H20ClN3O3/c1-24(27)19(25)12-16(9-13-5-3-2-4-6-13)22-20(26)18-11-14-10-15(21)7-8-17(14)23-18/h2-8,10-11,16,23,27H,9,12H2,1H3,(H,22,26)/t16-/m1/s1. The smallest absolute Gasteiger partial charge is 0.267 e. The van der Waals surface area contributed by atoms with E-state index in [9.17, 15) is 14.8 Å². The minimum atomic E-state index is -0.473. The van der Waals surface area contributed by atoms with Crippen molar-refractivity contribution in [2.45, 2.75) is 18.9 Å². The molecule has 2 aromatic carbocycles. The Kier molecular flexibility index (Phi) is 5.78. The summed E-state index contributed by atoms with van der Waals surface area (Å²) in [6, 6.07) is 16.1. The van der Waals surface area contributed by atoms with Crippen molar-refractivity contribution in [1.29, 1.82) is 0 Å². The van der Waals surface area contributed by atoms with Crippen molar-refractivity contribution >= 4 is 34.3 Å². The van der Waals surface area contributed by atoms with Crippen LogP contribution in [-0.2, 0) is 11.2 Å². The van der Waals surface area contributed by atoms with Crippen LogP contribution < -0.4 is 5.32 Å². The lowest BCUT2D eigenvalue weighted by Gasteiger charge is -2.19. The summed E-state index contributed by atoms with van der Waals surface area (Å²) < 4.78 is 0. The maximum atomic E-state index is 12.7. The number of hydrogen-bond acceptors (Lipinski definition) is 3. The molecule has 0 aliphatic carbocycles. The van der Waals surface area contributed by atoms with E-state index in [2.05, 4.69) is 10.3 Å². The van der Waals surface area contributed by atoms with Crippen LogP contribution >= 0.6 is 11.6 Å². The molecule has 0 unspecified atom stereocenters. The quantitative estimate of drug-likeness (QED) is 0.449. The molecule has 1 aromatic heterocycles. The van der Waals surface area contributed by atoms with Crippen molar-refractivity contribution < 1.29 is 14.8 Å². The molecule has 3 N–H and O–H groups in total. The van der Waals surface area contributed by atoms with Gasteiger partial charge in [0.1, 0.15) is 5.69 Å². The lowest BCUT2D eigenvalue weighted by atomic mass is 10.0. The van der Waals surface area contributed by atoms with E-state index >= 15 is 0 Å². The SMILES string of the molecule is CN(O)C(=O)C[C@@H](Cc1ccccc1)NC(=O)c1cc2cc(Cl)ccc2[nH]1. The third-order valence-corrected chi connectivity index (χ3v) is 4.50. The minimum absolute atomic E-state index is 0.0142. The van der Waals surface area contributed by atoms with Crippen molar-refractivity contribution in [1.82, 2.24) is 15.4 Å². The van der Waals surface area contributed by atoms with Gasteiger partial charge in [0.15, 0.2) is 0 Å². The van der Waals surface area contributed by atoms with Crippen LogP contribution in [0.15, 0.2) is 54.6 Å². The largest absolute Gasteiger partial charge is 0.351 e. The van der Waals surface area contributed by atoms with Crippen LogP contribution in [0.3, 0.4) is 0 Å². The molecule has 1 heterocycles. The molecule has 0 radical (unpaired) electrons. The predicted molar refractivity (Wildman–Crippen MR) is 104 cm³/mol. The number of nitrogens with zero attached hydrogens (tertiary/aromatic N) is 1. The predicted octanol–water partition coefficient (Wildman–Crippen LogP) is 3.40. The van der Waals surface area contributed by atoms with Gasteiger partial charge >= 0.3 is 0 Å². The van der Waals surface area contributed by atoms with Crippen LogP contribution in [0.1, 0.15) is 22.5 Å². The van der Waals surface area contributed by atoms with Crippen molar-refractivity contribution in [3.63, 3.8) is 0 Å². The number of carbonyl (C=O) groups is 2. The number of halogens is 1. The normalized spacial score (nSPS) is 12.0. The summed E-state index contributed by atoms with van der Waals surface area (Å²) in [7, 11) is 1.27. The molecule has 0 saturated heterocycles. The zero-order valence-corrected chi connectivity index (χ0v) is 15.5. The number of aromatic amines is 1. The first-order valence-corrected chi connectivity index (χ1v) is 8.88. The Morgan fingerprint density at radius 3 is 2.63 bits per heavy atom. The molecule has 27 heavy (non-hydrogen) atoms. The monoisotopic (exact) mass is 385 g/mol. The molecule has 0 aliphatic rings. The van der Waals surface area contributed by atoms with Gasteiger partial charge in [-0.05, 0) is 36.2 Å². The number of fused-ring (bicyclic) bond motifs is 1. The van der Waals surface area contributed by atoms with E-state index in [1.54, 1.807) is 24.3 Å². The number of H-pyrrole nitrogens is 1. The molecule has 0 spiro atoms. The first-order valence-electron chi connectivity index (χ1n) is 8.51. The van der Waals surface area contributed by atoms with Crippen LogP contribution in [-0.4, -0.2) is 40.2 Å². The number of hydrogen-bond donors (Lipinski definition) is 3. The molecule has 6 nitrogen and oxygen atoms in total. The van der Waals surface area contributed by atoms with Crippen LogP contribution in [0.5, 0.6) is 0 Å². The summed E-state index contributed by atoms with van der Waals surface area (Å²) in [5.74, 6) is -0.795. The average Bonchev–Trinajstić information content (AvgIpc) is 3.05. The molecule has 7 heteroatoms. The fourth-order valence-corrected chi connectivity index (χ4v) is 3.09.